The van der Waals surface area contributed by atoms with Gasteiger partial charge in [0.25, 0.3) is 0 Å². The van der Waals surface area contributed by atoms with Crippen molar-refractivity contribution < 1.29 is 19.0 Å². The molecule has 1 aromatic rings. The smallest absolute Gasteiger partial charge is 0.306 e. The van der Waals surface area contributed by atoms with Crippen molar-refractivity contribution in [2.45, 2.75) is 24.3 Å². The molecule has 0 radical (unpaired) electrons. The second kappa shape index (κ2) is 6.61. The first kappa shape index (κ1) is 14.0. The van der Waals surface area contributed by atoms with Crippen LogP contribution in [0.15, 0.2) is 23.1 Å². The van der Waals surface area contributed by atoms with Crippen LogP contribution >= 0.6 is 11.8 Å². The van der Waals surface area contributed by atoms with Gasteiger partial charge < -0.3 is 9.84 Å². The van der Waals surface area contributed by atoms with Gasteiger partial charge in [-0.05, 0) is 24.6 Å². The van der Waals surface area contributed by atoms with Crippen LogP contribution in [-0.2, 0) is 9.53 Å². The van der Waals surface area contributed by atoms with E-state index in [1.807, 2.05) is 0 Å². The topological polar surface area (TPSA) is 46.5 Å². The molecule has 94 valence electrons. The van der Waals surface area contributed by atoms with Crippen LogP contribution in [0.3, 0.4) is 0 Å². The van der Waals surface area contributed by atoms with Gasteiger partial charge in [0.15, 0.2) is 0 Å². The Morgan fingerprint density at radius 3 is 2.82 bits per heavy atom. The van der Waals surface area contributed by atoms with E-state index in [4.69, 9.17) is 0 Å². The van der Waals surface area contributed by atoms with Crippen LogP contribution in [-0.4, -0.2) is 23.9 Å². The zero-order valence-corrected chi connectivity index (χ0v) is 10.6. The average Bonchev–Trinajstić information content (AvgIpc) is 2.30. The summed E-state index contributed by atoms with van der Waals surface area (Å²) in [6.45, 7) is 1.58. The van der Waals surface area contributed by atoms with E-state index in [-0.39, 0.29) is 18.2 Å². The molecule has 1 rings (SSSR count). The van der Waals surface area contributed by atoms with Gasteiger partial charge in [-0.2, -0.15) is 0 Å². The third-order valence-corrected chi connectivity index (χ3v) is 3.28. The summed E-state index contributed by atoms with van der Waals surface area (Å²) in [6, 6.07) is 4.60. The molecule has 0 aliphatic rings. The predicted molar refractivity (Wildman–Crippen MR) is 64.4 cm³/mol. The summed E-state index contributed by atoms with van der Waals surface area (Å²) < 4.78 is 18.1. The molecule has 3 nitrogen and oxygen atoms in total. The minimum atomic E-state index is -0.682. The Morgan fingerprint density at radius 1 is 1.59 bits per heavy atom. The first-order valence-corrected chi connectivity index (χ1v) is 6.20. The maximum absolute atomic E-state index is 13.6. The van der Waals surface area contributed by atoms with Crippen LogP contribution < -0.4 is 0 Å². The lowest BCUT2D eigenvalue weighted by Gasteiger charge is -2.07. The highest BCUT2D eigenvalue weighted by Gasteiger charge is 2.08. The molecular formula is C12H15FO3S. The number of aliphatic hydroxyl groups excluding tert-OH is 1. The summed E-state index contributed by atoms with van der Waals surface area (Å²) in [5.74, 6) is -0.214. The molecule has 0 bridgehead atoms. The van der Waals surface area contributed by atoms with Crippen molar-refractivity contribution in [3.63, 3.8) is 0 Å². The lowest BCUT2D eigenvalue weighted by Crippen LogP contribution is -2.01. The van der Waals surface area contributed by atoms with E-state index in [9.17, 15) is 14.3 Å². The molecule has 0 saturated heterocycles. The molecule has 0 spiro atoms. The van der Waals surface area contributed by atoms with Crippen LogP contribution in [0.5, 0.6) is 0 Å². The summed E-state index contributed by atoms with van der Waals surface area (Å²) in [6.07, 6.45) is -0.433. The number of hydrogen-bond donors (Lipinski definition) is 1. The zero-order valence-electron chi connectivity index (χ0n) is 9.77. The lowest BCUT2D eigenvalue weighted by molar-refractivity contribution is -0.140. The van der Waals surface area contributed by atoms with Crippen molar-refractivity contribution in [3.8, 4) is 0 Å². The first-order chi connectivity index (χ1) is 8.04. The predicted octanol–water partition coefficient (Wildman–Crippen LogP) is 2.53. The molecule has 0 saturated carbocycles. The van der Waals surface area contributed by atoms with Gasteiger partial charge in [-0.25, -0.2) is 4.39 Å². The summed E-state index contributed by atoms with van der Waals surface area (Å²) in [5.41, 5.74) is 0.541. The number of carbonyl (C=O) groups is 1. The number of carbonyl (C=O) groups excluding carboxylic acids is 1. The average molecular weight is 258 g/mol. The van der Waals surface area contributed by atoms with Crippen molar-refractivity contribution in [3.05, 3.63) is 29.6 Å². The number of benzene rings is 1. The Bertz CT molecular complexity index is 393. The molecule has 0 aromatic heterocycles. The van der Waals surface area contributed by atoms with Gasteiger partial charge in [-0.1, -0.05) is 6.07 Å². The maximum atomic E-state index is 13.6. The van der Waals surface area contributed by atoms with Crippen molar-refractivity contribution >= 4 is 17.7 Å². The molecule has 1 atom stereocenters. The summed E-state index contributed by atoms with van der Waals surface area (Å²) in [5, 5.41) is 9.29. The summed E-state index contributed by atoms with van der Waals surface area (Å²) in [4.78, 5) is 11.3. The second-order valence-electron chi connectivity index (χ2n) is 3.54. The van der Waals surface area contributed by atoms with Gasteiger partial charge in [-0.3, -0.25) is 4.79 Å². The molecule has 0 fully saturated rings. The van der Waals surface area contributed by atoms with Crippen LogP contribution in [0.25, 0.3) is 0 Å². The second-order valence-corrected chi connectivity index (χ2v) is 4.68. The molecule has 5 heteroatoms. The van der Waals surface area contributed by atoms with E-state index < -0.39 is 6.10 Å². The SMILES string of the molecule is COC(=O)CCSc1ccc([C@@H](C)O)cc1F. The summed E-state index contributed by atoms with van der Waals surface area (Å²) >= 11 is 1.25. The number of thioether (sulfide) groups is 1. The third-order valence-electron chi connectivity index (χ3n) is 2.23. The standard InChI is InChI=1S/C12H15FO3S/c1-8(14)9-3-4-11(10(13)7-9)17-6-5-12(15)16-2/h3-4,7-8,14H,5-6H2,1-2H3/t8-/m1/s1. The van der Waals surface area contributed by atoms with E-state index in [1.54, 1.807) is 19.1 Å². The number of methoxy groups -OCH3 is 1. The highest BCUT2D eigenvalue weighted by Crippen LogP contribution is 2.25. The Morgan fingerprint density at radius 2 is 2.29 bits per heavy atom. The number of aliphatic hydroxyl groups is 1. The molecule has 1 N–H and O–H groups in total. The Hall–Kier alpha value is -1.07. The van der Waals surface area contributed by atoms with E-state index in [2.05, 4.69) is 4.74 Å². The van der Waals surface area contributed by atoms with E-state index >= 15 is 0 Å². The molecular weight excluding hydrogens is 243 g/mol. The van der Waals surface area contributed by atoms with Crippen molar-refractivity contribution in [2.24, 2.45) is 0 Å². The molecule has 17 heavy (non-hydrogen) atoms. The van der Waals surface area contributed by atoms with Gasteiger partial charge in [0.2, 0.25) is 0 Å². The fourth-order valence-corrected chi connectivity index (χ4v) is 2.09. The van der Waals surface area contributed by atoms with E-state index in [0.717, 1.165) is 0 Å². The van der Waals surface area contributed by atoms with Gasteiger partial charge >= 0.3 is 5.97 Å². The molecule has 0 unspecified atom stereocenters. The minimum Gasteiger partial charge on any atom is -0.469 e. The number of esters is 1. The van der Waals surface area contributed by atoms with Crippen LogP contribution in [0.1, 0.15) is 25.0 Å². The third kappa shape index (κ3) is 4.36. The largest absolute Gasteiger partial charge is 0.469 e. The van der Waals surface area contributed by atoms with Crippen molar-refractivity contribution in [1.82, 2.24) is 0 Å². The fraction of sp³-hybridized carbons (Fsp3) is 0.417. The van der Waals surface area contributed by atoms with Crippen LogP contribution in [0, 0.1) is 5.82 Å². The van der Waals surface area contributed by atoms with Crippen LogP contribution in [0.2, 0.25) is 0 Å². The van der Waals surface area contributed by atoms with Gasteiger partial charge in [0.05, 0.1) is 19.6 Å². The van der Waals surface area contributed by atoms with Crippen molar-refractivity contribution in [1.29, 1.82) is 0 Å². The number of ether oxygens (including phenoxy) is 1. The Labute approximate surface area is 104 Å². The normalized spacial score (nSPS) is 12.2. The summed E-state index contributed by atoms with van der Waals surface area (Å²) in [7, 11) is 1.32. The minimum absolute atomic E-state index is 0.249. The number of rotatable bonds is 5. The molecule has 1 aromatic carbocycles. The van der Waals surface area contributed by atoms with E-state index in [1.165, 1.54) is 24.9 Å². The van der Waals surface area contributed by atoms with Gasteiger partial charge in [0, 0.05) is 10.6 Å². The van der Waals surface area contributed by atoms with E-state index in [0.29, 0.717) is 16.2 Å². The quantitative estimate of drug-likeness (QED) is 0.651. The maximum Gasteiger partial charge on any atom is 0.306 e. The monoisotopic (exact) mass is 258 g/mol. The van der Waals surface area contributed by atoms with Gasteiger partial charge in [0.1, 0.15) is 5.82 Å². The molecule has 0 aliphatic heterocycles. The van der Waals surface area contributed by atoms with Gasteiger partial charge in [-0.15, -0.1) is 11.8 Å². The number of halogens is 1. The van der Waals surface area contributed by atoms with Crippen molar-refractivity contribution in [2.75, 3.05) is 12.9 Å². The Kier molecular flexibility index (Phi) is 5.44. The molecule has 0 aliphatic carbocycles. The first-order valence-electron chi connectivity index (χ1n) is 5.21. The Balaban J connectivity index is 2.57. The molecule has 0 amide bonds. The zero-order chi connectivity index (χ0) is 12.8. The highest BCUT2D eigenvalue weighted by atomic mass is 32.2. The van der Waals surface area contributed by atoms with Crippen LogP contribution in [0.4, 0.5) is 4.39 Å². The fourth-order valence-electron chi connectivity index (χ4n) is 1.24. The lowest BCUT2D eigenvalue weighted by atomic mass is 10.1. The number of hydrogen-bond acceptors (Lipinski definition) is 4. The molecule has 0 heterocycles. The highest BCUT2D eigenvalue weighted by molar-refractivity contribution is 7.99.